The first kappa shape index (κ1) is 17.8. The van der Waals surface area contributed by atoms with Gasteiger partial charge in [-0.25, -0.2) is 13.1 Å². The number of rotatable bonds is 9. The van der Waals surface area contributed by atoms with Crippen molar-refractivity contribution in [3.63, 3.8) is 0 Å². The van der Waals surface area contributed by atoms with Crippen LogP contribution >= 0.6 is 0 Å². The minimum absolute atomic E-state index is 0.0335. The lowest BCUT2D eigenvalue weighted by Crippen LogP contribution is -2.32. The Morgan fingerprint density at radius 1 is 1.29 bits per heavy atom. The maximum Gasteiger partial charge on any atom is 0.387 e. The molecule has 1 atom stereocenters. The van der Waals surface area contributed by atoms with Crippen LogP contribution in [-0.2, 0) is 14.8 Å². The summed E-state index contributed by atoms with van der Waals surface area (Å²) in [5, 5.41) is 0. The molecule has 0 heterocycles. The monoisotopic (exact) mass is 323 g/mol. The minimum Gasteiger partial charge on any atom is -0.434 e. The topological polar surface area (TPSA) is 64.6 Å². The molecule has 21 heavy (non-hydrogen) atoms. The van der Waals surface area contributed by atoms with Crippen molar-refractivity contribution >= 4 is 10.0 Å². The van der Waals surface area contributed by atoms with E-state index in [2.05, 4.69) is 9.46 Å². The van der Waals surface area contributed by atoms with E-state index in [1.807, 2.05) is 0 Å². The van der Waals surface area contributed by atoms with Crippen LogP contribution in [0, 0.1) is 0 Å². The molecule has 1 unspecified atom stereocenters. The number of halogens is 2. The van der Waals surface area contributed by atoms with E-state index < -0.39 is 22.7 Å². The van der Waals surface area contributed by atoms with Crippen molar-refractivity contribution in [2.75, 3.05) is 19.5 Å². The molecule has 0 saturated heterocycles. The lowest BCUT2D eigenvalue weighted by molar-refractivity contribution is -0.0506. The Morgan fingerprint density at radius 2 is 1.95 bits per heavy atom. The van der Waals surface area contributed by atoms with Gasteiger partial charge >= 0.3 is 6.61 Å². The average molecular weight is 323 g/mol. The normalized spacial score (nSPS) is 13.4. The number of hydrogen-bond acceptors (Lipinski definition) is 4. The molecule has 1 aromatic rings. The number of methoxy groups -OCH3 is 1. The molecule has 0 aromatic heterocycles. The molecule has 1 aromatic carbocycles. The fraction of sp³-hybridized carbons (Fsp3) is 0.538. The molecule has 0 radical (unpaired) electrons. The van der Waals surface area contributed by atoms with Gasteiger partial charge in [-0.2, -0.15) is 8.78 Å². The second-order valence-electron chi connectivity index (χ2n) is 4.31. The van der Waals surface area contributed by atoms with E-state index in [4.69, 9.17) is 4.74 Å². The van der Waals surface area contributed by atoms with Crippen molar-refractivity contribution in [1.82, 2.24) is 4.72 Å². The van der Waals surface area contributed by atoms with Crippen LogP contribution in [0.15, 0.2) is 24.3 Å². The summed E-state index contributed by atoms with van der Waals surface area (Å²) >= 11 is 0. The highest BCUT2D eigenvalue weighted by Crippen LogP contribution is 2.28. The Morgan fingerprint density at radius 3 is 2.52 bits per heavy atom. The Labute approximate surface area is 123 Å². The zero-order chi connectivity index (χ0) is 15.9. The summed E-state index contributed by atoms with van der Waals surface area (Å²) in [6.45, 7) is -1.15. The van der Waals surface area contributed by atoms with E-state index in [1.54, 1.807) is 25.1 Å². The summed E-state index contributed by atoms with van der Waals surface area (Å²) in [7, 11) is -2.17. The van der Waals surface area contributed by atoms with Gasteiger partial charge in [0.2, 0.25) is 10.0 Å². The smallest absolute Gasteiger partial charge is 0.387 e. The first-order chi connectivity index (χ1) is 9.89. The molecule has 5 nitrogen and oxygen atoms in total. The van der Waals surface area contributed by atoms with Crippen LogP contribution in [0.4, 0.5) is 8.78 Å². The second-order valence-corrected chi connectivity index (χ2v) is 6.18. The second kappa shape index (κ2) is 8.26. The molecule has 1 N–H and O–H groups in total. The van der Waals surface area contributed by atoms with Gasteiger partial charge in [-0.1, -0.05) is 25.1 Å². The lowest BCUT2D eigenvalue weighted by atomic mass is 10.0. The van der Waals surface area contributed by atoms with Crippen LogP contribution < -0.4 is 9.46 Å². The first-order valence-electron chi connectivity index (χ1n) is 6.42. The standard InChI is InChI=1S/C13H19F2NO4S/c1-3-11(16-21(17,18)9-8-19-2)10-6-4-5-7-12(10)20-13(14)15/h4-7,11,13,16H,3,8-9H2,1-2H3. The zero-order valence-corrected chi connectivity index (χ0v) is 12.7. The van der Waals surface area contributed by atoms with Gasteiger partial charge in [0.1, 0.15) is 5.75 Å². The maximum atomic E-state index is 12.4. The summed E-state index contributed by atoms with van der Waals surface area (Å²) in [5.41, 5.74) is 0.376. The zero-order valence-electron chi connectivity index (χ0n) is 11.9. The van der Waals surface area contributed by atoms with Crippen LogP contribution in [-0.4, -0.2) is 34.5 Å². The van der Waals surface area contributed by atoms with Crippen molar-refractivity contribution in [2.45, 2.75) is 26.0 Å². The third kappa shape index (κ3) is 5.94. The molecule has 0 saturated carbocycles. The number of ether oxygens (including phenoxy) is 2. The molecule has 0 amide bonds. The average Bonchev–Trinajstić information content (AvgIpc) is 2.43. The Hall–Kier alpha value is -1.25. The van der Waals surface area contributed by atoms with Crippen molar-refractivity contribution in [3.05, 3.63) is 29.8 Å². The van der Waals surface area contributed by atoms with Crippen molar-refractivity contribution in [2.24, 2.45) is 0 Å². The number of nitrogens with one attached hydrogen (secondary N) is 1. The quantitative estimate of drug-likeness (QED) is 0.757. The maximum absolute atomic E-state index is 12.4. The highest BCUT2D eigenvalue weighted by molar-refractivity contribution is 7.89. The molecule has 1 rings (SSSR count). The summed E-state index contributed by atoms with van der Waals surface area (Å²) in [4.78, 5) is 0. The van der Waals surface area contributed by atoms with Crippen LogP contribution in [0.25, 0.3) is 0 Å². The van der Waals surface area contributed by atoms with Gasteiger partial charge in [0.25, 0.3) is 0 Å². The Balaban J connectivity index is 2.95. The van der Waals surface area contributed by atoms with Gasteiger partial charge in [0, 0.05) is 12.7 Å². The summed E-state index contributed by atoms with van der Waals surface area (Å²) in [6, 6.07) is 5.49. The molecule has 8 heteroatoms. The fourth-order valence-electron chi connectivity index (χ4n) is 1.81. The first-order valence-corrected chi connectivity index (χ1v) is 8.07. The fourth-order valence-corrected chi connectivity index (χ4v) is 3.04. The van der Waals surface area contributed by atoms with Gasteiger partial charge in [0.05, 0.1) is 18.4 Å². The van der Waals surface area contributed by atoms with Gasteiger partial charge in [-0.05, 0) is 12.5 Å². The Bertz CT molecular complexity index is 537. The highest BCUT2D eigenvalue weighted by atomic mass is 32.2. The molecule has 0 aliphatic heterocycles. The minimum atomic E-state index is -3.57. The van der Waals surface area contributed by atoms with E-state index in [-0.39, 0.29) is 18.1 Å². The number of sulfonamides is 1. The van der Waals surface area contributed by atoms with Gasteiger partial charge in [-0.15, -0.1) is 0 Å². The summed E-state index contributed by atoms with van der Waals surface area (Å²) < 4.78 is 60.2. The van der Waals surface area contributed by atoms with E-state index in [1.165, 1.54) is 13.2 Å². The number of benzene rings is 1. The number of hydrogen-bond donors (Lipinski definition) is 1. The van der Waals surface area contributed by atoms with Gasteiger partial charge in [0.15, 0.2) is 0 Å². The molecular formula is C13H19F2NO4S. The molecule has 0 spiro atoms. The number of para-hydroxylation sites is 1. The molecule has 0 fully saturated rings. The van der Waals surface area contributed by atoms with E-state index in [0.29, 0.717) is 12.0 Å². The van der Waals surface area contributed by atoms with Gasteiger partial charge in [-0.3, -0.25) is 0 Å². The van der Waals surface area contributed by atoms with Crippen molar-refractivity contribution < 1.29 is 26.7 Å². The lowest BCUT2D eigenvalue weighted by Gasteiger charge is -2.20. The molecule has 0 bridgehead atoms. The van der Waals surface area contributed by atoms with Crippen LogP contribution in [0.1, 0.15) is 24.9 Å². The summed E-state index contributed by atoms with van der Waals surface area (Å²) in [5.74, 6) is -0.230. The molecule has 120 valence electrons. The number of alkyl halides is 2. The predicted octanol–water partition coefficient (Wildman–Crippen LogP) is 2.30. The molecule has 0 aliphatic rings. The predicted molar refractivity (Wildman–Crippen MR) is 74.9 cm³/mol. The highest BCUT2D eigenvalue weighted by Gasteiger charge is 2.21. The van der Waals surface area contributed by atoms with E-state index >= 15 is 0 Å². The van der Waals surface area contributed by atoms with Crippen LogP contribution in [0.5, 0.6) is 5.75 Å². The SMILES string of the molecule is CCC(NS(=O)(=O)CCOC)c1ccccc1OC(F)F. The summed E-state index contributed by atoms with van der Waals surface area (Å²) in [6.07, 6.45) is 0.399. The molecular weight excluding hydrogens is 304 g/mol. The largest absolute Gasteiger partial charge is 0.434 e. The van der Waals surface area contributed by atoms with Crippen LogP contribution in [0.3, 0.4) is 0 Å². The van der Waals surface area contributed by atoms with E-state index in [0.717, 1.165) is 0 Å². The van der Waals surface area contributed by atoms with E-state index in [9.17, 15) is 17.2 Å². The van der Waals surface area contributed by atoms with Gasteiger partial charge < -0.3 is 9.47 Å². The van der Waals surface area contributed by atoms with Crippen molar-refractivity contribution in [3.8, 4) is 5.75 Å². The Kier molecular flexibility index (Phi) is 7.00. The molecule has 0 aliphatic carbocycles. The van der Waals surface area contributed by atoms with Crippen molar-refractivity contribution in [1.29, 1.82) is 0 Å². The third-order valence-corrected chi connectivity index (χ3v) is 4.14. The third-order valence-electron chi connectivity index (χ3n) is 2.80. The van der Waals surface area contributed by atoms with Crippen LogP contribution in [0.2, 0.25) is 0 Å².